The molecule has 0 saturated carbocycles. The van der Waals surface area contributed by atoms with Gasteiger partial charge in [0.05, 0.1) is 0 Å². The van der Waals surface area contributed by atoms with E-state index in [0.717, 1.165) is 5.02 Å². The van der Waals surface area contributed by atoms with Crippen LogP contribution in [-0.2, 0) is 0 Å². The molecule has 88 valence electrons. The zero-order valence-electron chi connectivity index (χ0n) is 9.20. The molecule has 17 heavy (non-hydrogen) atoms. The van der Waals surface area contributed by atoms with Crippen molar-refractivity contribution in [2.45, 2.75) is 0 Å². The lowest BCUT2D eigenvalue weighted by Gasteiger charge is -1.80. The van der Waals surface area contributed by atoms with Gasteiger partial charge in [-0.25, -0.2) is 0 Å². The fraction of sp³-hybridized carbons (Fsp3) is 0. The van der Waals surface area contributed by atoms with E-state index in [-0.39, 0.29) is 0 Å². The number of benzene rings is 1. The van der Waals surface area contributed by atoms with Crippen molar-refractivity contribution in [3.63, 3.8) is 0 Å². The van der Waals surface area contributed by atoms with Crippen LogP contribution in [0.5, 0.6) is 0 Å². The van der Waals surface area contributed by atoms with Gasteiger partial charge in [0.2, 0.25) is 0 Å². The first-order chi connectivity index (χ1) is 8.39. The van der Waals surface area contributed by atoms with Crippen LogP contribution in [0, 0.1) is 0 Å². The van der Waals surface area contributed by atoms with Gasteiger partial charge in [-0.1, -0.05) is 54.1 Å². The van der Waals surface area contributed by atoms with Gasteiger partial charge >= 0.3 is 0 Å². The highest BCUT2D eigenvalue weighted by Gasteiger charge is 1.74. The lowest BCUT2D eigenvalue weighted by molar-refractivity contribution is 1.71. The van der Waals surface area contributed by atoms with E-state index >= 15 is 0 Å². The summed E-state index contributed by atoms with van der Waals surface area (Å²) in [7, 11) is 0. The van der Waals surface area contributed by atoms with E-state index in [1.165, 1.54) is 0 Å². The molecule has 0 aliphatic heterocycles. The van der Waals surface area contributed by atoms with Gasteiger partial charge in [0.1, 0.15) is 0 Å². The van der Waals surface area contributed by atoms with Crippen molar-refractivity contribution in [2.75, 3.05) is 0 Å². The molecule has 0 unspecified atom stereocenters. The summed E-state index contributed by atoms with van der Waals surface area (Å²) in [6.07, 6.45) is 0. The zero-order valence-corrected chi connectivity index (χ0v) is 11.6. The van der Waals surface area contributed by atoms with Crippen molar-refractivity contribution in [3.05, 3.63) is 81.1 Å². The molecular weight excluding hydrogens is 268 g/mol. The molecule has 2 aromatic heterocycles. The van der Waals surface area contributed by atoms with E-state index in [9.17, 15) is 0 Å². The van der Waals surface area contributed by atoms with Gasteiger partial charge in [-0.15, -0.1) is 0 Å². The Hall–Kier alpha value is -1.09. The SMILES string of the molecule is Clc1ccccc1.c1ccsc1.c1ccsc1. The first-order valence-electron chi connectivity index (χ1n) is 5.04. The van der Waals surface area contributed by atoms with Crippen molar-refractivity contribution in [3.8, 4) is 0 Å². The largest absolute Gasteiger partial charge is 0.152 e. The van der Waals surface area contributed by atoms with Crippen molar-refractivity contribution in [1.82, 2.24) is 0 Å². The minimum Gasteiger partial charge on any atom is -0.152 e. The first-order valence-corrected chi connectivity index (χ1v) is 7.31. The topological polar surface area (TPSA) is 0 Å². The summed E-state index contributed by atoms with van der Waals surface area (Å²) in [5, 5.41) is 8.96. The highest BCUT2D eigenvalue weighted by Crippen LogP contribution is 2.03. The number of halogens is 1. The standard InChI is InChI=1S/C6H5Cl.2C4H4S/c7-6-4-2-1-3-5-6;2*1-2-4-5-3-1/h1-5H;2*1-4H. The average Bonchev–Trinajstić information content (AvgIpc) is 3.09. The van der Waals surface area contributed by atoms with Crippen LogP contribution < -0.4 is 0 Å². The molecule has 0 saturated heterocycles. The Morgan fingerprint density at radius 3 is 1.18 bits per heavy atom. The first kappa shape index (κ1) is 14.0. The predicted octanol–water partition coefficient (Wildman–Crippen LogP) is 5.84. The summed E-state index contributed by atoms with van der Waals surface area (Å²) in [5.41, 5.74) is 0. The summed E-state index contributed by atoms with van der Waals surface area (Å²) >= 11 is 8.97. The zero-order chi connectivity index (χ0) is 12.2. The minimum atomic E-state index is 0.794. The van der Waals surface area contributed by atoms with Crippen LogP contribution in [0.2, 0.25) is 5.02 Å². The van der Waals surface area contributed by atoms with Crippen LogP contribution in [-0.4, -0.2) is 0 Å². The van der Waals surface area contributed by atoms with Crippen LogP contribution in [0.25, 0.3) is 0 Å². The summed E-state index contributed by atoms with van der Waals surface area (Å²) in [4.78, 5) is 0. The second kappa shape index (κ2) is 10.1. The molecule has 0 spiro atoms. The van der Waals surface area contributed by atoms with Gasteiger partial charge in [-0.2, -0.15) is 22.7 Å². The maximum atomic E-state index is 5.54. The molecule has 3 heteroatoms. The molecule has 0 aliphatic carbocycles. The van der Waals surface area contributed by atoms with Gasteiger partial charge < -0.3 is 0 Å². The fourth-order valence-corrected chi connectivity index (χ4v) is 1.92. The smallest absolute Gasteiger partial charge is 0.0405 e. The van der Waals surface area contributed by atoms with E-state index < -0.39 is 0 Å². The summed E-state index contributed by atoms with van der Waals surface area (Å²) in [6.45, 7) is 0. The van der Waals surface area contributed by atoms with Crippen LogP contribution in [0.4, 0.5) is 0 Å². The van der Waals surface area contributed by atoms with E-state index in [1.54, 1.807) is 22.7 Å². The number of hydrogen-bond acceptors (Lipinski definition) is 2. The van der Waals surface area contributed by atoms with Crippen LogP contribution in [0.15, 0.2) is 76.1 Å². The third-order valence-corrected chi connectivity index (χ3v) is 3.09. The lowest BCUT2D eigenvalue weighted by Crippen LogP contribution is -1.55. The highest BCUT2D eigenvalue weighted by molar-refractivity contribution is 7.08. The molecule has 0 aliphatic rings. The summed E-state index contributed by atoms with van der Waals surface area (Å²) < 4.78 is 0. The van der Waals surface area contributed by atoms with Crippen molar-refractivity contribution >= 4 is 34.3 Å². The summed E-state index contributed by atoms with van der Waals surface area (Å²) in [5.74, 6) is 0. The molecule has 0 atom stereocenters. The molecule has 0 nitrogen and oxygen atoms in total. The number of rotatable bonds is 0. The quantitative estimate of drug-likeness (QED) is 0.485. The van der Waals surface area contributed by atoms with Crippen LogP contribution >= 0.6 is 34.3 Å². The Morgan fingerprint density at radius 2 is 1.00 bits per heavy atom. The number of thiophene rings is 2. The van der Waals surface area contributed by atoms with Gasteiger partial charge in [0.15, 0.2) is 0 Å². The summed E-state index contributed by atoms with van der Waals surface area (Å²) in [6, 6.07) is 17.5. The Morgan fingerprint density at radius 1 is 0.588 bits per heavy atom. The van der Waals surface area contributed by atoms with Crippen LogP contribution in [0.3, 0.4) is 0 Å². The third kappa shape index (κ3) is 8.69. The molecular formula is C14H13ClS2. The Kier molecular flexibility index (Phi) is 8.29. The molecule has 3 rings (SSSR count). The Bertz CT molecular complexity index is 372. The minimum absolute atomic E-state index is 0.794. The van der Waals surface area contributed by atoms with E-state index in [1.807, 2.05) is 76.1 Å². The second-order valence-electron chi connectivity index (χ2n) is 2.88. The molecule has 0 bridgehead atoms. The molecule has 1 aromatic carbocycles. The second-order valence-corrected chi connectivity index (χ2v) is 4.95. The van der Waals surface area contributed by atoms with Gasteiger partial charge in [-0.3, -0.25) is 0 Å². The van der Waals surface area contributed by atoms with Crippen molar-refractivity contribution in [1.29, 1.82) is 0 Å². The molecule has 3 aromatic rings. The lowest BCUT2D eigenvalue weighted by atomic mass is 10.4. The average molecular weight is 281 g/mol. The third-order valence-electron chi connectivity index (χ3n) is 1.58. The fourth-order valence-electron chi connectivity index (χ4n) is 0.868. The number of hydrogen-bond donors (Lipinski definition) is 0. The maximum absolute atomic E-state index is 5.54. The normalized spacial score (nSPS) is 8.29. The van der Waals surface area contributed by atoms with Crippen LogP contribution in [0.1, 0.15) is 0 Å². The molecule has 0 N–H and O–H groups in total. The molecule has 0 fully saturated rings. The predicted molar refractivity (Wildman–Crippen MR) is 80.1 cm³/mol. The molecule has 0 radical (unpaired) electrons. The van der Waals surface area contributed by atoms with E-state index in [2.05, 4.69) is 0 Å². The van der Waals surface area contributed by atoms with Gasteiger partial charge in [0.25, 0.3) is 0 Å². The van der Waals surface area contributed by atoms with E-state index in [0.29, 0.717) is 0 Å². The molecule has 2 heterocycles. The van der Waals surface area contributed by atoms with E-state index in [4.69, 9.17) is 11.6 Å². The maximum Gasteiger partial charge on any atom is 0.0405 e. The van der Waals surface area contributed by atoms with Crippen molar-refractivity contribution < 1.29 is 0 Å². The van der Waals surface area contributed by atoms with Gasteiger partial charge in [-0.05, 0) is 33.7 Å². The monoisotopic (exact) mass is 280 g/mol. The molecule has 0 amide bonds. The van der Waals surface area contributed by atoms with Crippen molar-refractivity contribution in [2.24, 2.45) is 0 Å². The van der Waals surface area contributed by atoms with Gasteiger partial charge in [0, 0.05) is 5.02 Å². The Labute approximate surface area is 115 Å². The Balaban J connectivity index is 0.000000130. The highest BCUT2D eigenvalue weighted by atomic mass is 35.5.